The molecule has 3 fully saturated rings. The number of benzene rings is 1. The van der Waals surface area contributed by atoms with Crippen molar-refractivity contribution >= 4 is 11.7 Å². The fourth-order valence-electron chi connectivity index (χ4n) is 6.75. The van der Waals surface area contributed by atoms with Crippen LogP contribution in [0.3, 0.4) is 0 Å². The number of anilines is 1. The second kappa shape index (κ2) is 9.53. The van der Waals surface area contributed by atoms with Gasteiger partial charge in [-0.2, -0.15) is 0 Å². The third kappa shape index (κ3) is 4.35. The van der Waals surface area contributed by atoms with Gasteiger partial charge in [0.05, 0.1) is 5.92 Å². The first-order chi connectivity index (χ1) is 17.1. The predicted molar refractivity (Wildman–Crippen MR) is 139 cm³/mol. The third-order valence-corrected chi connectivity index (χ3v) is 8.96. The average molecular weight is 474 g/mol. The predicted octanol–water partition coefficient (Wildman–Crippen LogP) is 4.32. The molecule has 1 aromatic carbocycles. The van der Waals surface area contributed by atoms with Gasteiger partial charge in [0.2, 0.25) is 5.91 Å². The summed E-state index contributed by atoms with van der Waals surface area (Å²) in [7, 11) is 0. The van der Waals surface area contributed by atoms with Gasteiger partial charge in [-0.1, -0.05) is 38.1 Å². The van der Waals surface area contributed by atoms with Gasteiger partial charge in [-0.15, -0.1) is 0 Å². The number of carbonyl (C=O) groups excluding carboxylic acids is 1. The molecule has 0 N–H and O–H groups in total. The van der Waals surface area contributed by atoms with Crippen LogP contribution in [0.5, 0.6) is 0 Å². The van der Waals surface area contributed by atoms with Crippen LogP contribution in [-0.4, -0.2) is 71.0 Å². The summed E-state index contributed by atoms with van der Waals surface area (Å²) in [6, 6.07) is 9.39. The minimum Gasteiger partial charge on any atom is -0.353 e. The van der Waals surface area contributed by atoms with Crippen molar-refractivity contribution in [3.05, 3.63) is 53.0 Å². The zero-order valence-corrected chi connectivity index (χ0v) is 21.3. The Bertz CT molecular complexity index is 1060. The van der Waals surface area contributed by atoms with Crippen molar-refractivity contribution in [2.45, 2.75) is 76.2 Å². The maximum absolute atomic E-state index is 14.1. The Labute approximate surface area is 209 Å². The summed E-state index contributed by atoms with van der Waals surface area (Å²) in [6.07, 6.45) is 8.87. The van der Waals surface area contributed by atoms with Crippen LogP contribution in [0.2, 0.25) is 0 Å². The van der Waals surface area contributed by atoms with Gasteiger partial charge >= 0.3 is 0 Å². The van der Waals surface area contributed by atoms with Crippen molar-refractivity contribution in [3.8, 4) is 0 Å². The molecule has 6 heteroatoms. The van der Waals surface area contributed by atoms with E-state index in [1.807, 2.05) is 0 Å². The molecule has 0 spiro atoms. The molecule has 3 atom stereocenters. The number of likely N-dealkylation sites (N-methyl/N-ethyl adjacent to an activating group) is 1. The van der Waals surface area contributed by atoms with Crippen LogP contribution in [0, 0.1) is 0 Å². The molecule has 3 unspecified atom stereocenters. The monoisotopic (exact) mass is 473 g/mol. The highest BCUT2D eigenvalue weighted by atomic mass is 16.2. The zero-order chi connectivity index (χ0) is 23.9. The molecule has 6 rings (SSSR count). The summed E-state index contributed by atoms with van der Waals surface area (Å²) in [6.45, 7) is 9.86. The molecule has 6 nitrogen and oxygen atoms in total. The first-order valence-corrected chi connectivity index (χ1v) is 13.9. The van der Waals surface area contributed by atoms with Crippen LogP contribution in [0.4, 0.5) is 5.82 Å². The standard InChI is InChI=1S/C29H39N5O/c1-3-32-14-4-5-25(32)27(23-11-9-22(10-12-23)21-7-8-21)29(35)34-17-15-33(16-18-34)28-26-20(2)6-13-24(26)30-19-31-28/h9-12,19-21,25,27H,3-8,13-18H2,1-2H3. The van der Waals surface area contributed by atoms with Crippen LogP contribution in [-0.2, 0) is 11.2 Å². The fourth-order valence-corrected chi connectivity index (χ4v) is 6.75. The number of carbonyl (C=O) groups is 1. The van der Waals surface area contributed by atoms with E-state index in [0.717, 1.165) is 70.3 Å². The molecule has 4 aliphatic rings. The number of piperazine rings is 1. The maximum atomic E-state index is 14.1. The minimum absolute atomic E-state index is 0.0689. The number of likely N-dealkylation sites (tertiary alicyclic amines) is 1. The van der Waals surface area contributed by atoms with Gasteiger partial charge in [-0.3, -0.25) is 9.69 Å². The number of fused-ring (bicyclic) bond motifs is 1. The second-order valence-corrected chi connectivity index (χ2v) is 11.1. The Hall–Kier alpha value is -2.47. The third-order valence-electron chi connectivity index (χ3n) is 8.96. The molecule has 35 heavy (non-hydrogen) atoms. The van der Waals surface area contributed by atoms with Crippen molar-refractivity contribution < 1.29 is 4.79 Å². The molecule has 186 valence electrons. The summed E-state index contributed by atoms with van der Waals surface area (Å²) in [5, 5.41) is 0. The molecule has 0 radical (unpaired) electrons. The van der Waals surface area contributed by atoms with Crippen LogP contribution >= 0.6 is 0 Å². The highest BCUT2D eigenvalue weighted by molar-refractivity contribution is 5.85. The van der Waals surface area contributed by atoms with E-state index < -0.39 is 0 Å². The minimum atomic E-state index is -0.0689. The van der Waals surface area contributed by atoms with Gasteiger partial charge < -0.3 is 9.80 Å². The van der Waals surface area contributed by atoms with Gasteiger partial charge in [0, 0.05) is 43.5 Å². The van der Waals surface area contributed by atoms with E-state index in [0.29, 0.717) is 17.9 Å². The Morgan fingerprint density at radius 3 is 2.49 bits per heavy atom. The zero-order valence-electron chi connectivity index (χ0n) is 21.3. The molecule has 1 aromatic heterocycles. The molecule has 3 heterocycles. The van der Waals surface area contributed by atoms with Gasteiger partial charge in [0.15, 0.2) is 0 Å². The topological polar surface area (TPSA) is 52.6 Å². The number of aryl methyl sites for hydroxylation is 1. The van der Waals surface area contributed by atoms with E-state index in [4.69, 9.17) is 4.98 Å². The number of nitrogens with zero attached hydrogens (tertiary/aromatic N) is 5. The normalized spacial score (nSPS) is 25.7. The lowest BCUT2D eigenvalue weighted by Gasteiger charge is -2.40. The summed E-state index contributed by atoms with van der Waals surface area (Å²) < 4.78 is 0. The van der Waals surface area contributed by atoms with E-state index in [1.165, 1.54) is 41.6 Å². The molecule has 0 bridgehead atoms. The summed E-state index contributed by atoms with van der Waals surface area (Å²) in [5.41, 5.74) is 5.20. The molecule has 1 saturated carbocycles. The SMILES string of the molecule is CCN1CCCC1C(C(=O)N1CCN(c2ncnc3c2C(C)CC3)CC1)c1ccc(C2CC2)cc1. The quantitative estimate of drug-likeness (QED) is 0.625. The molecule has 2 saturated heterocycles. The van der Waals surface area contributed by atoms with Gasteiger partial charge in [0.25, 0.3) is 0 Å². The Morgan fingerprint density at radius 2 is 1.77 bits per heavy atom. The van der Waals surface area contributed by atoms with Gasteiger partial charge in [-0.05, 0) is 74.6 Å². The highest BCUT2D eigenvalue weighted by Gasteiger charge is 2.39. The van der Waals surface area contributed by atoms with Crippen molar-refractivity contribution in [1.82, 2.24) is 19.8 Å². The molecule has 1 amide bonds. The molecular formula is C29H39N5O. The van der Waals surface area contributed by atoms with Gasteiger partial charge in [-0.25, -0.2) is 9.97 Å². The lowest BCUT2D eigenvalue weighted by atomic mass is 9.87. The van der Waals surface area contributed by atoms with Crippen LogP contribution in [0.15, 0.2) is 30.6 Å². The first-order valence-electron chi connectivity index (χ1n) is 13.9. The number of aromatic nitrogens is 2. The van der Waals surface area contributed by atoms with E-state index >= 15 is 0 Å². The molecule has 2 aromatic rings. The van der Waals surface area contributed by atoms with E-state index in [2.05, 4.69) is 57.8 Å². The van der Waals surface area contributed by atoms with E-state index in [-0.39, 0.29) is 5.92 Å². The number of hydrogen-bond acceptors (Lipinski definition) is 5. The van der Waals surface area contributed by atoms with Crippen molar-refractivity contribution in [3.63, 3.8) is 0 Å². The maximum Gasteiger partial charge on any atom is 0.231 e. The smallest absolute Gasteiger partial charge is 0.231 e. The summed E-state index contributed by atoms with van der Waals surface area (Å²) in [4.78, 5) is 30.4. The molecule has 2 aliphatic carbocycles. The Morgan fingerprint density at radius 1 is 1.00 bits per heavy atom. The lowest BCUT2D eigenvalue weighted by Crippen LogP contribution is -2.52. The van der Waals surface area contributed by atoms with Crippen molar-refractivity contribution in [2.75, 3.05) is 44.2 Å². The summed E-state index contributed by atoms with van der Waals surface area (Å²) in [5.74, 6) is 2.62. The van der Waals surface area contributed by atoms with E-state index in [9.17, 15) is 4.79 Å². The number of hydrogen-bond donors (Lipinski definition) is 0. The lowest BCUT2D eigenvalue weighted by molar-refractivity contribution is -0.134. The summed E-state index contributed by atoms with van der Waals surface area (Å²) >= 11 is 0. The Balaban J connectivity index is 1.20. The first kappa shape index (κ1) is 23.0. The highest BCUT2D eigenvalue weighted by Crippen LogP contribution is 2.41. The van der Waals surface area contributed by atoms with E-state index in [1.54, 1.807) is 6.33 Å². The second-order valence-electron chi connectivity index (χ2n) is 11.1. The van der Waals surface area contributed by atoms with Gasteiger partial charge in [0.1, 0.15) is 12.1 Å². The number of amides is 1. The molecular weight excluding hydrogens is 434 g/mol. The average Bonchev–Trinajstić information content (AvgIpc) is 3.53. The van der Waals surface area contributed by atoms with Crippen LogP contribution in [0.1, 0.15) is 86.1 Å². The van der Waals surface area contributed by atoms with Crippen molar-refractivity contribution in [2.24, 2.45) is 0 Å². The Kier molecular flexibility index (Phi) is 6.25. The number of rotatable bonds is 6. The van der Waals surface area contributed by atoms with Crippen LogP contribution < -0.4 is 4.90 Å². The van der Waals surface area contributed by atoms with Crippen molar-refractivity contribution in [1.29, 1.82) is 0 Å². The fraction of sp³-hybridized carbons (Fsp3) is 0.621. The largest absolute Gasteiger partial charge is 0.353 e. The van der Waals surface area contributed by atoms with Crippen LogP contribution in [0.25, 0.3) is 0 Å². The molecule has 2 aliphatic heterocycles.